The highest BCUT2D eigenvalue weighted by Gasteiger charge is 2.23. The number of carbonyl (C=O) groups is 1. The SMILES string of the molecule is COC(=O)[C@H](NCC1CCSCC1)c1ccc(F)cc1. The van der Waals surface area contributed by atoms with Gasteiger partial charge in [-0.3, -0.25) is 0 Å². The topological polar surface area (TPSA) is 38.3 Å². The second-order valence-corrected chi connectivity index (χ2v) is 6.20. The van der Waals surface area contributed by atoms with E-state index in [-0.39, 0.29) is 11.8 Å². The molecule has 1 heterocycles. The fourth-order valence-electron chi connectivity index (χ4n) is 2.35. The average Bonchev–Trinajstić information content (AvgIpc) is 2.50. The van der Waals surface area contributed by atoms with E-state index in [0.717, 1.165) is 12.1 Å². The number of methoxy groups -OCH3 is 1. The van der Waals surface area contributed by atoms with Gasteiger partial charge in [-0.05, 0) is 54.5 Å². The molecule has 110 valence electrons. The molecule has 3 nitrogen and oxygen atoms in total. The summed E-state index contributed by atoms with van der Waals surface area (Å²) >= 11 is 1.98. The first-order valence-electron chi connectivity index (χ1n) is 6.85. The predicted molar refractivity (Wildman–Crippen MR) is 79.2 cm³/mol. The quantitative estimate of drug-likeness (QED) is 0.848. The molecule has 0 aromatic heterocycles. The number of ether oxygens (including phenoxy) is 1. The fraction of sp³-hybridized carbons (Fsp3) is 0.533. The van der Waals surface area contributed by atoms with Crippen LogP contribution in [0.25, 0.3) is 0 Å². The van der Waals surface area contributed by atoms with Gasteiger partial charge in [0.25, 0.3) is 0 Å². The van der Waals surface area contributed by atoms with Gasteiger partial charge in [-0.15, -0.1) is 0 Å². The van der Waals surface area contributed by atoms with Crippen molar-refractivity contribution in [3.63, 3.8) is 0 Å². The number of halogens is 1. The van der Waals surface area contributed by atoms with Crippen LogP contribution in [0.15, 0.2) is 24.3 Å². The number of benzene rings is 1. The zero-order valence-electron chi connectivity index (χ0n) is 11.6. The first kappa shape index (κ1) is 15.3. The first-order valence-corrected chi connectivity index (χ1v) is 8.00. The number of esters is 1. The molecule has 0 aliphatic carbocycles. The van der Waals surface area contributed by atoms with Crippen molar-refractivity contribution >= 4 is 17.7 Å². The molecule has 1 atom stereocenters. The molecule has 0 bridgehead atoms. The Morgan fingerprint density at radius 3 is 2.65 bits per heavy atom. The molecule has 1 aromatic rings. The number of carbonyl (C=O) groups excluding carboxylic acids is 1. The highest BCUT2D eigenvalue weighted by molar-refractivity contribution is 7.99. The summed E-state index contributed by atoms with van der Waals surface area (Å²) in [6, 6.07) is 5.46. The van der Waals surface area contributed by atoms with Gasteiger partial charge < -0.3 is 10.1 Å². The number of hydrogen-bond donors (Lipinski definition) is 1. The van der Waals surface area contributed by atoms with Gasteiger partial charge in [0.2, 0.25) is 0 Å². The number of thioether (sulfide) groups is 1. The third-order valence-electron chi connectivity index (χ3n) is 3.59. The van der Waals surface area contributed by atoms with Crippen LogP contribution in [0.3, 0.4) is 0 Å². The summed E-state index contributed by atoms with van der Waals surface area (Å²) in [5.74, 6) is 2.34. The largest absolute Gasteiger partial charge is 0.468 e. The maximum atomic E-state index is 13.0. The molecule has 1 aromatic carbocycles. The summed E-state index contributed by atoms with van der Waals surface area (Å²) in [7, 11) is 1.37. The molecule has 1 aliphatic heterocycles. The van der Waals surface area contributed by atoms with Crippen molar-refractivity contribution in [3.8, 4) is 0 Å². The van der Waals surface area contributed by atoms with Crippen LogP contribution in [-0.4, -0.2) is 31.1 Å². The maximum Gasteiger partial charge on any atom is 0.327 e. The van der Waals surface area contributed by atoms with Crippen molar-refractivity contribution in [1.82, 2.24) is 5.32 Å². The van der Waals surface area contributed by atoms with Crippen LogP contribution in [0.4, 0.5) is 4.39 Å². The highest BCUT2D eigenvalue weighted by Crippen LogP contribution is 2.23. The van der Waals surface area contributed by atoms with Gasteiger partial charge in [-0.1, -0.05) is 12.1 Å². The van der Waals surface area contributed by atoms with Crippen molar-refractivity contribution < 1.29 is 13.9 Å². The Morgan fingerprint density at radius 1 is 1.40 bits per heavy atom. The van der Waals surface area contributed by atoms with Gasteiger partial charge in [0.15, 0.2) is 0 Å². The van der Waals surface area contributed by atoms with E-state index in [4.69, 9.17) is 4.74 Å². The lowest BCUT2D eigenvalue weighted by molar-refractivity contribution is -0.143. The Labute approximate surface area is 123 Å². The molecule has 0 radical (unpaired) electrons. The van der Waals surface area contributed by atoms with Crippen molar-refractivity contribution in [2.45, 2.75) is 18.9 Å². The van der Waals surface area contributed by atoms with Crippen LogP contribution in [0.2, 0.25) is 0 Å². The lowest BCUT2D eigenvalue weighted by atomic mass is 10.0. The number of rotatable bonds is 5. The van der Waals surface area contributed by atoms with E-state index in [1.807, 2.05) is 11.8 Å². The third-order valence-corrected chi connectivity index (χ3v) is 4.64. The van der Waals surface area contributed by atoms with E-state index in [0.29, 0.717) is 5.92 Å². The molecule has 0 spiro atoms. The molecule has 0 amide bonds. The maximum absolute atomic E-state index is 13.0. The smallest absolute Gasteiger partial charge is 0.327 e. The summed E-state index contributed by atoms with van der Waals surface area (Å²) in [6.45, 7) is 0.789. The molecule has 1 N–H and O–H groups in total. The van der Waals surface area contributed by atoms with Crippen LogP contribution in [0.1, 0.15) is 24.4 Å². The highest BCUT2D eigenvalue weighted by atomic mass is 32.2. The number of nitrogens with one attached hydrogen (secondary N) is 1. The van der Waals surface area contributed by atoms with E-state index in [1.54, 1.807) is 12.1 Å². The fourth-order valence-corrected chi connectivity index (χ4v) is 3.55. The van der Waals surface area contributed by atoms with Crippen molar-refractivity contribution in [1.29, 1.82) is 0 Å². The summed E-state index contributed by atoms with van der Waals surface area (Å²) in [5, 5.41) is 3.27. The normalized spacial score (nSPS) is 17.7. The second kappa shape index (κ2) is 7.64. The van der Waals surface area contributed by atoms with Gasteiger partial charge in [-0.25, -0.2) is 9.18 Å². The van der Waals surface area contributed by atoms with Crippen molar-refractivity contribution in [3.05, 3.63) is 35.6 Å². The Bertz CT molecular complexity index is 432. The molecule has 0 saturated carbocycles. The van der Waals surface area contributed by atoms with E-state index < -0.39 is 6.04 Å². The second-order valence-electron chi connectivity index (χ2n) is 4.97. The summed E-state index contributed by atoms with van der Waals surface area (Å²) in [5.41, 5.74) is 0.739. The zero-order chi connectivity index (χ0) is 14.4. The predicted octanol–water partition coefficient (Wildman–Crippen LogP) is 2.77. The van der Waals surface area contributed by atoms with Gasteiger partial charge in [0.05, 0.1) is 7.11 Å². The van der Waals surface area contributed by atoms with Crippen LogP contribution in [0, 0.1) is 11.7 Å². The summed E-state index contributed by atoms with van der Waals surface area (Å²) in [4.78, 5) is 11.9. The Hall–Kier alpha value is -1.07. The van der Waals surface area contributed by atoms with Gasteiger partial charge in [0, 0.05) is 0 Å². The molecule has 2 rings (SSSR count). The summed E-state index contributed by atoms with van der Waals surface area (Å²) in [6.07, 6.45) is 2.35. The minimum absolute atomic E-state index is 0.304. The van der Waals surface area contributed by atoms with Crippen LogP contribution in [0.5, 0.6) is 0 Å². The van der Waals surface area contributed by atoms with E-state index in [9.17, 15) is 9.18 Å². The lowest BCUT2D eigenvalue weighted by Crippen LogP contribution is -2.34. The molecule has 1 saturated heterocycles. The van der Waals surface area contributed by atoms with Gasteiger partial charge >= 0.3 is 5.97 Å². The monoisotopic (exact) mass is 297 g/mol. The van der Waals surface area contributed by atoms with Gasteiger partial charge in [0.1, 0.15) is 11.9 Å². The van der Waals surface area contributed by atoms with E-state index in [1.165, 1.54) is 43.6 Å². The molecule has 20 heavy (non-hydrogen) atoms. The van der Waals surface area contributed by atoms with E-state index in [2.05, 4.69) is 5.32 Å². The third kappa shape index (κ3) is 4.21. The number of hydrogen-bond acceptors (Lipinski definition) is 4. The molecule has 1 fully saturated rings. The molecular formula is C15H20FNO2S. The van der Waals surface area contributed by atoms with Crippen LogP contribution < -0.4 is 5.32 Å². The summed E-state index contributed by atoms with van der Waals surface area (Å²) < 4.78 is 17.8. The zero-order valence-corrected chi connectivity index (χ0v) is 12.4. The minimum atomic E-state index is -0.518. The Balaban J connectivity index is 1.99. The van der Waals surface area contributed by atoms with Crippen molar-refractivity contribution in [2.24, 2.45) is 5.92 Å². The first-order chi connectivity index (χ1) is 9.70. The van der Waals surface area contributed by atoms with Crippen LogP contribution in [-0.2, 0) is 9.53 Å². The van der Waals surface area contributed by atoms with Crippen LogP contribution >= 0.6 is 11.8 Å². The standard InChI is InChI=1S/C15H20FNO2S/c1-19-15(18)14(12-2-4-13(16)5-3-12)17-10-11-6-8-20-9-7-11/h2-5,11,14,17H,6-10H2,1H3/t14-/m1/s1. The average molecular weight is 297 g/mol. The van der Waals surface area contributed by atoms with Crippen molar-refractivity contribution in [2.75, 3.05) is 25.2 Å². The minimum Gasteiger partial charge on any atom is -0.468 e. The molecule has 0 unspecified atom stereocenters. The lowest BCUT2D eigenvalue weighted by Gasteiger charge is -2.24. The van der Waals surface area contributed by atoms with E-state index >= 15 is 0 Å². The molecular weight excluding hydrogens is 277 g/mol. The molecule has 1 aliphatic rings. The molecule has 5 heteroatoms. The van der Waals surface area contributed by atoms with Gasteiger partial charge in [-0.2, -0.15) is 11.8 Å². The Kier molecular flexibility index (Phi) is 5.86. The Morgan fingerprint density at radius 2 is 2.05 bits per heavy atom.